The van der Waals surface area contributed by atoms with Crippen molar-refractivity contribution in [2.24, 2.45) is 0 Å². The lowest BCUT2D eigenvalue weighted by atomic mass is 10.0. The largest absolute Gasteiger partial charge is 0.516 e. The standard InChI is InChI=1S/C14H11F3N2O4S/c15-14(16,17)24(22,23)18-13-7-6-12(19(20)21)9-11(13)8-10-4-2-1-3-5-10/h1-7,9,18H,8H2. The monoisotopic (exact) mass is 360 g/mol. The van der Waals surface area contributed by atoms with E-state index in [1.807, 2.05) is 0 Å². The summed E-state index contributed by atoms with van der Waals surface area (Å²) in [5.74, 6) is 0. The first-order valence-electron chi connectivity index (χ1n) is 6.50. The molecule has 0 unspecified atom stereocenters. The SMILES string of the molecule is O=[N+]([O-])c1ccc(NS(=O)(=O)C(F)(F)F)c(Cc2ccccc2)c1. The molecule has 24 heavy (non-hydrogen) atoms. The fraction of sp³-hybridized carbons (Fsp3) is 0.143. The molecule has 0 bridgehead atoms. The van der Waals surface area contributed by atoms with Crippen molar-refractivity contribution in [3.05, 3.63) is 69.8 Å². The van der Waals surface area contributed by atoms with Crippen molar-refractivity contribution >= 4 is 21.4 Å². The summed E-state index contributed by atoms with van der Waals surface area (Å²) in [4.78, 5) is 10.1. The topological polar surface area (TPSA) is 89.3 Å². The van der Waals surface area contributed by atoms with Crippen LogP contribution in [0, 0.1) is 10.1 Å². The third-order valence-corrected chi connectivity index (χ3v) is 4.18. The lowest BCUT2D eigenvalue weighted by molar-refractivity contribution is -0.384. The van der Waals surface area contributed by atoms with Crippen LogP contribution in [-0.4, -0.2) is 18.8 Å². The number of benzene rings is 2. The van der Waals surface area contributed by atoms with Gasteiger partial charge in [-0.1, -0.05) is 30.3 Å². The smallest absolute Gasteiger partial charge is 0.276 e. The van der Waals surface area contributed by atoms with E-state index in [9.17, 15) is 31.7 Å². The van der Waals surface area contributed by atoms with Crippen LogP contribution in [0.15, 0.2) is 48.5 Å². The number of alkyl halides is 3. The number of halogens is 3. The van der Waals surface area contributed by atoms with Gasteiger partial charge in [0.15, 0.2) is 0 Å². The fourth-order valence-corrected chi connectivity index (χ4v) is 2.56. The van der Waals surface area contributed by atoms with Crippen LogP contribution < -0.4 is 4.72 Å². The van der Waals surface area contributed by atoms with Crippen LogP contribution in [0.4, 0.5) is 24.5 Å². The van der Waals surface area contributed by atoms with Gasteiger partial charge in [-0.25, -0.2) is 0 Å². The van der Waals surface area contributed by atoms with E-state index in [4.69, 9.17) is 0 Å². The van der Waals surface area contributed by atoms with Crippen molar-refractivity contribution in [2.45, 2.75) is 11.9 Å². The van der Waals surface area contributed by atoms with Crippen LogP contribution in [-0.2, 0) is 16.4 Å². The predicted octanol–water partition coefficient (Wildman–Crippen LogP) is 3.45. The highest BCUT2D eigenvalue weighted by Gasteiger charge is 2.46. The van der Waals surface area contributed by atoms with Gasteiger partial charge in [0.25, 0.3) is 5.69 Å². The first-order chi connectivity index (χ1) is 11.1. The number of sulfonamides is 1. The maximum Gasteiger partial charge on any atom is 0.516 e. The molecule has 0 saturated heterocycles. The lowest BCUT2D eigenvalue weighted by Gasteiger charge is -2.14. The molecule has 0 radical (unpaired) electrons. The lowest BCUT2D eigenvalue weighted by Crippen LogP contribution is -2.30. The average molecular weight is 360 g/mol. The van der Waals surface area contributed by atoms with E-state index in [1.165, 1.54) is 4.72 Å². The van der Waals surface area contributed by atoms with Gasteiger partial charge < -0.3 is 0 Å². The van der Waals surface area contributed by atoms with E-state index < -0.39 is 20.5 Å². The van der Waals surface area contributed by atoms with Gasteiger partial charge in [0.1, 0.15) is 0 Å². The number of nitrogens with one attached hydrogen (secondary N) is 1. The van der Waals surface area contributed by atoms with Crippen LogP contribution in [0.2, 0.25) is 0 Å². The van der Waals surface area contributed by atoms with Crippen molar-refractivity contribution in [1.82, 2.24) is 0 Å². The predicted molar refractivity (Wildman–Crippen MR) is 80.9 cm³/mol. The van der Waals surface area contributed by atoms with Gasteiger partial charge >= 0.3 is 15.5 Å². The van der Waals surface area contributed by atoms with Gasteiger partial charge in [0.05, 0.1) is 10.6 Å². The van der Waals surface area contributed by atoms with Crippen molar-refractivity contribution in [3.63, 3.8) is 0 Å². The molecular weight excluding hydrogens is 349 g/mol. The molecule has 128 valence electrons. The zero-order valence-electron chi connectivity index (χ0n) is 11.9. The molecule has 6 nitrogen and oxygen atoms in total. The molecule has 0 heterocycles. The molecule has 0 fully saturated rings. The molecule has 0 amide bonds. The van der Waals surface area contributed by atoms with Crippen molar-refractivity contribution < 1.29 is 26.5 Å². The molecule has 2 rings (SSSR count). The number of rotatable bonds is 5. The van der Waals surface area contributed by atoms with E-state index in [1.54, 1.807) is 30.3 Å². The van der Waals surface area contributed by atoms with Crippen LogP contribution in [0.5, 0.6) is 0 Å². The minimum absolute atomic E-state index is 0.0260. The van der Waals surface area contributed by atoms with Gasteiger partial charge in [0.2, 0.25) is 0 Å². The van der Waals surface area contributed by atoms with Gasteiger partial charge in [-0.05, 0) is 23.6 Å². The molecule has 2 aromatic carbocycles. The number of non-ortho nitro benzene ring substituents is 1. The van der Waals surface area contributed by atoms with Crippen LogP contribution in [0.25, 0.3) is 0 Å². The number of hydrogen-bond acceptors (Lipinski definition) is 4. The second-order valence-corrected chi connectivity index (χ2v) is 6.49. The zero-order valence-corrected chi connectivity index (χ0v) is 12.8. The Balaban J connectivity index is 2.45. The first-order valence-corrected chi connectivity index (χ1v) is 7.99. The Morgan fingerprint density at radius 2 is 1.71 bits per heavy atom. The summed E-state index contributed by atoms with van der Waals surface area (Å²) in [6, 6.07) is 11.4. The summed E-state index contributed by atoms with van der Waals surface area (Å²) in [6.07, 6.45) is 0.0260. The van der Waals surface area contributed by atoms with Gasteiger partial charge in [0, 0.05) is 12.1 Å². The molecule has 0 aliphatic heterocycles. The average Bonchev–Trinajstić information content (AvgIpc) is 2.48. The Kier molecular flexibility index (Phi) is 4.78. The Labute approximate surface area is 135 Å². The third kappa shape index (κ3) is 4.02. The molecule has 0 aromatic heterocycles. The quantitative estimate of drug-likeness (QED) is 0.653. The number of nitro benzene ring substituents is 1. The Morgan fingerprint density at radius 1 is 1.08 bits per heavy atom. The van der Waals surface area contributed by atoms with Crippen LogP contribution >= 0.6 is 0 Å². The number of hydrogen-bond donors (Lipinski definition) is 1. The van der Waals surface area contributed by atoms with E-state index in [0.717, 1.165) is 18.2 Å². The zero-order chi connectivity index (χ0) is 18.0. The third-order valence-electron chi connectivity index (χ3n) is 3.09. The van der Waals surface area contributed by atoms with Gasteiger partial charge in [-0.3, -0.25) is 14.8 Å². The Morgan fingerprint density at radius 3 is 2.25 bits per heavy atom. The van der Waals surface area contributed by atoms with Crippen LogP contribution in [0.1, 0.15) is 11.1 Å². The van der Waals surface area contributed by atoms with Crippen LogP contribution in [0.3, 0.4) is 0 Å². The molecular formula is C14H11F3N2O4S. The minimum Gasteiger partial charge on any atom is -0.276 e. The molecule has 0 atom stereocenters. The van der Waals surface area contributed by atoms with Crippen molar-refractivity contribution in [1.29, 1.82) is 0 Å². The maximum atomic E-state index is 12.5. The molecule has 0 aliphatic carbocycles. The summed E-state index contributed by atoms with van der Waals surface area (Å²) in [6.45, 7) is 0. The number of nitro groups is 1. The first kappa shape index (κ1) is 17.7. The van der Waals surface area contributed by atoms with Gasteiger partial charge in [-0.2, -0.15) is 21.6 Å². The molecule has 1 N–H and O–H groups in total. The van der Waals surface area contributed by atoms with E-state index in [0.29, 0.717) is 5.56 Å². The summed E-state index contributed by atoms with van der Waals surface area (Å²) in [5, 5.41) is 10.8. The van der Waals surface area contributed by atoms with E-state index >= 15 is 0 Å². The fourth-order valence-electron chi connectivity index (χ4n) is 1.96. The number of nitrogens with zero attached hydrogens (tertiary/aromatic N) is 1. The van der Waals surface area contributed by atoms with Gasteiger partial charge in [-0.15, -0.1) is 0 Å². The maximum absolute atomic E-state index is 12.5. The van der Waals surface area contributed by atoms with Crippen molar-refractivity contribution in [2.75, 3.05) is 4.72 Å². The molecule has 0 spiro atoms. The molecule has 10 heteroatoms. The second-order valence-electron chi connectivity index (χ2n) is 4.81. The molecule has 2 aromatic rings. The highest BCUT2D eigenvalue weighted by molar-refractivity contribution is 7.93. The summed E-state index contributed by atoms with van der Waals surface area (Å²) < 4.78 is 61.6. The summed E-state index contributed by atoms with van der Waals surface area (Å²) in [7, 11) is -5.62. The number of anilines is 1. The Hall–Kier alpha value is -2.62. The molecule has 0 aliphatic rings. The second kappa shape index (κ2) is 6.48. The van der Waals surface area contributed by atoms with Crippen molar-refractivity contribution in [3.8, 4) is 0 Å². The highest BCUT2D eigenvalue weighted by atomic mass is 32.2. The Bertz CT molecular complexity index is 852. The summed E-state index contributed by atoms with van der Waals surface area (Å²) >= 11 is 0. The molecule has 0 saturated carbocycles. The van der Waals surface area contributed by atoms with E-state index in [2.05, 4.69) is 0 Å². The summed E-state index contributed by atoms with van der Waals surface area (Å²) in [5.41, 5.74) is -5.48. The minimum atomic E-state index is -5.62. The van der Waals surface area contributed by atoms with E-state index in [-0.39, 0.29) is 23.4 Å². The normalized spacial score (nSPS) is 12.0. The highest BCUT2D eigenvalue weighted by Crippen LogP contribution is 2.30.